The molecule has 1 aromatic carbocycles. The number of aliphatic carboxylic acids is 1. The van der Waals surface area contributed by atoms with Crippen molar-refractivity contribution in [3.8, 4) is 0 Å². The van der Waals surface area contributed by atoms with Crippen LogP contribution >= 0.6 is 23.2 Å². The number of unbranched alkanes of at least 4 members (excludes halogenated alkanes) is 1. The van der Waals surface area contributed by atoms with E-state index in [0.717, 1.165) is 0 Å². The van der Waals surface area contributed by atoms with Crippen molar-refractivity contribution < 1.29 is 14.3 Å². The first kappa shape index (κ1) is 13.2. The highest BCUT2D eigenvalue weighted by atomic mass is 35.5. The van der Waals surface area contributed by atoms with Crippen LogP contribution in [0.4, 0.5) is 0 Å². The van der Waals surface area contributed by atoms with Gasteiger partial charge in [0, 0.05) is 17.9 Å². The summed E-state index contributed by atoms with van der Waals surface area (Å²) in [5.74, 6) is -0.234. The maximum atomic E-state index is 10.4. The van der Waals surface area contributed by atoms with Gasteiger partial charge in [-0.15, -0.1) is 0 Å². The molecule has 0 aliphatic rings. The van der Waals surface area contributed by atoms with Gasteiger partial charge in [-0.05, 0) is 25.0 Å². The Bertz CT molecular complexity index is 580. The summed E-state index contributed by atoms with van der Waals surface area (Å²) in [6, 6.07) is 3.29. The third-order valence-electron chi connectivity index (χ3n) is 2.49. The van der Waals surface area contributed by atoms with Crippen LogP contribution in [0.5, 0.6) is 0 Å². The number of oxazole rings is 1. The zero-order valence-electron chi connectivity index (χ0n) is 9.45. The molecule has 0 amide bonds. The van der Waals surface area contributed by atoms with Crippen LogP contribution in [0.15, 0.2) is 16.5 Å². The minimum absolute atomic E-state index is 0.160. The molecule has 0 aliphatic carbocycles. The number of aromatic nitrogens is 1. The minimum atomic E-state index is -0.789. The summed E-state index contributed by atoms with van der Waals surface area (Å²) in [5, 5.41) is 9.47. The number of aryl methyl sites for hydroxylation is 1. The summed E-state index contributed by atoms with van der Waals surface area (Å²) in [4.78, 5) is 14.6. The SMILES string of the molecule is O=C(O)CCCCc1nc2cc(Cl)cc(Cl)c2o1. The molecule has 0 aliphatic heterocycles. The second-order valence-corrected chi connectivity index (χ2v) is 4.79. The van der Waals surface area contributed by atoms with Gasteiger partial charge < -0.3 is 9.52 Å². The fraction of sp³-hybridized carbons (Fsp3) is 0.333. The minimum Gasteiger partial charge on any atom is -0.481 e. The summed E-state index contributed by atoms with van der Waals surface area (Å²) in [6.07, 6.45) is 2.07. The molecular weight excluding hydrogens is 277 g/mol. The number of nitrogens with zero attached hydrogens (tertiary/aromatic N) is 1. The smallest absolute Gasteiger partial charge is 0.303 e. The van der Waals surface area contributed by atoms with Crippen molar-refractivity contribution in [3.05, 3.63) is 28.1 Å². The molecule has 2 rings (SSSR count). The largest absolute Gasteiger partial charge is 0.481 e. The normalized spacial score (nSPS) is 11.0. The van der Waals surface area contributed by atoms with Crippen molar-refractivity contribution in [1.29, 1.82) is 0 Å². The molecule has 0 saturated carbocycles. The first-order chi connectivity index (χ1) is 8.56. The van der Waals surface area contributed by atoms with Crippen molar-refractivity contribution in [1.82, 2.24) is 4.98 Å². The number of benzene rings is 1. The molecule has 4 nitrogen and oxygen atoms in total. The number of fused-ring (bicyclic) bond motifs is 1. The number of rotatable bonds is 5. The van der Waals surface area contributed by atoms with E-state index < -0.39 is 5.97 Å². The number of carbonyl (C=O) groups is 1. The van der Waals surface area contributed by atoms with Crippen LogP contribution in [0.3, 0.4) is 0 Å². The van der Waals surface area contributed by atoms with Crippen molar-refractivity contribution in [3.63, 3.8) is 0 Å². The van der Waals surface area contributed by atoms with Gasteiger partial charge in [0.2, 0.25) is 0 Å². The average molecular weight is 288 g/mol. The Hall–Kier alpha value is -1.26. The summed E-state index contributed by atoms with van der Waals surface area (Å²) >= 11 is 11.8. The van der Waals surface area contributed by atoms with Gasteiger partial charge in [-0.2, -0.15) is 0 Å². The number of carboxylic acids is 1. The van der Waals surface area contributed by atoms with Gasteiger partial charge in [0.25, 0.3) is 0 Å². The van der Waals surface area contributed by atoms with E-state index in [9.17, 15) is 4.79 Å². The molecule has 0 fully saturated rings. The van der Waals surface area contributed by atoms with Crippen LogP contribution in [0.1, 0.15) is 25.2 Å². The van der Waals surface area contributed by atoms with Crippen LogP contribution in [0.25, 0.3) is 11.1 Å². The van der Waals surface area contributed by atoms with Crippen LogP contribution in [0.2, 0.25) is 10.0 Å². The fourth-order valence-electron chi connectivity index (χ4n) is 1.67. The zero-order chi connectivity index (χ0) is 13.1. The summed E-state index contributed by atoms with van der Waals surface area (Å²) < 4.78 is 5.51. The molecule has 0 atom stereocenters. The average Bonchev–Trinajstić information content (AvgIpc) is 2.67. The monoisotopic (exact) mass is 287 g/mol. The second-order valence-electron chi connectivity index (χ2n) is 3.94. The highest BCUT2D eigenvalue weighted by Crippen LogP contribution is 2.28. The van der Waals surface area contributed by atoms with Gasteiger partial charge in [-0.1, -0.05) is 23.2 Å². The van der Waals surface area contributed by atoms with E-state index in [1.165, 1.54) is 0 Å². The number of hydrogen-bond donors (Lipinski definition) is 1. The molecule has 96 valence electrons. The van der Waals surface area contributed by atoms with E-state index in [1.807, 2.05) is 0 Å². The Balaban J connectivity index is 2.06. The van der Waals surface area contributed by atoms with E-state index in [1.54, 1.807) is 12.1 Å². The van der Waals surface area contributed by atoms with Crippen LogP contribution in [-0.2, 0) is 11.2 Å². The van der Waals surface area contributed by atoms with E-state index in [-0.39, 0.29) is 6.42 Å². The lowest BCUT2D eigenvalue weighted by Gasteiger charge is -1.94. The number of hydrogen-bond acceptors (Lipinski definition) is 3. The Morgan fingerprint density at radius 1 is 1.33 bits per heavy atom. The lowest BCUT2D eigenvalue weighted by Crippen LogP contribution is -1.94. The van der Waals surface area contributed by atoms with Crippen molar-refractivity contribution in [2.75, 3.05) is 0 Å². The molecular formula is C12H11Cl2NO3. The van der Waals surface area contributed by atoms with Gasteiger partial charge in [0.15, 0.2) is 11.5 Å². The van der Waals surface area contributed by atoms with Crippen LogP contribution in [-0.4, -0.2) is 16.1 Å². The van der Waals surface area contributed by atoms with Crippen molar-refractivity contribution >= 4 is 40.3 Å². The molecule has 0 radical (unpaired) electrons. The van der Waals surface area contributed by atoms with Crippen LogP contribution in [0, 0.1) is 0 Å². The molecule has 18 heavy (non-hydrogen) atoms. The lowest BCUT2D eigenvalue weighted by atomic mass is 10.2. The molecule has 0 saturated heterocycles. The Labute approximate surface area is 114 Å². The van der Waals surface area contributed by atoms with Gasteiger partial charge >= 0.3 is 5.97 Å². The van der Waals surface area contributed by atoms with E-state index in [0.29, 0.717) is 46.3 Å². The Kier molecular flexibility index (Phi) is 4.09. The zero-order valence-corrected chi connectivity index (χ0v) is 11.0. The van der Waals surface area contributed by atoms with Gasteiger partial charge in [0.1, 0.15) is 5.52 Å². The third kappa shape index (κ3) is 3.15. The number of carboxylic acid groups (broad SMARTS) is 1. The van der Waals surface area contributed by atoms with E-state index >= 15 is 0 Å². The predicted molar refractivity (Wildman–Crippen MR) is 69.2 cm³/mol. The fourth-order valence-corrected chi connectivity index (χ4v) is 2.19. The molecule has 1 aromatic heterocycles. The van der Waals surface area contributed by atoms with Crippen molar-refractivity contribution in [2.24, 2.45) is 0 Å². The quantitative estimate of drug-likeness (QED) is 0.846. The van der Waals surface area contributed by atoms with E-state index in [2.05, 4.69) is 4.98 Å². The Morgan fingerprint density at radius 2 is 2.11 bits per heavy atom. The third-order valence-corrected chi connectivity index (χ3v) is 2.98. The first-order valence-corrected chi connectivity index (χ1v) is 6.28. The maximum absolute atomic E-state index is 10.4. The maximum Gasteiger partial charge on any atom is 0.303 e. The molecule has 1 heterocycles. The lowest BCUT2D eigenvalue weighted by molar-refractivity contribution is -0.137. The number of halogens is 2. The molecule has 2 aromatic rings. The molecule has 0 bridgehead atoms. The van der Waals surface area contributed by atoms with Gasteiger partial charge in [-0.3, -0.25) is 4.79 Å². The summed E-state index contributed by atoms with van der Waals surface area (Å²) in [5.41, 5.74) is 1.15. The van der Waals surface area contributed by atoms with Gasteiger partial charge in [0.05, 0.1) is 5.02 Å². The highest BCUT2D eigenvalue weighted by molar-refractivity contribution is 6.37. The summed E-state index contributed by atoms with van der Waals surface area (Å²) in [6.45, 7) is 0. The summed E-state index contributed by atoms with van der Waals surface area (Å²) in [7, 11) is 0. The standard InChI is InChI=1S/C12H11Cl2NO3/c13-7-5-8(14)12-9(6-7)15-10(18-12)3-1-2-4-11(16)17/h5-6H,1-4H2,(H,16,17). The second kappa shape index (κ2) is 5.59. The van der Waals surface area contributed by atoms with Gasteiger partial charge in [-0.25, -0.2) is 4.98 Å². The molecule has 0 spiro atoms. The molecule has 1 N–H and O–H groups in total. The first-order valence-electron chi connectivity index (χ1n) is 5.52. The highest BCUT2D eigenvalue weighted by Gasteiger charge is 2.10. The molecule has 0 unspecified atom stereocenters. The van der Waals surface area contributed by atoms with Crippen molar-refractivity contribution in [2.45, 2.75) is 25.7 Å². The Morgan fingerprint density at radius 3 is 2.83 bits per heavy atom. The van der Waals surface area contributed by atoms with Crippen LogP contribution < -0.4 is 0 Å². The molecule has 6 heteroatoms. The topological polar surface area (TPSA) is 63.3 Å². The van der Waals surface area contributed by atoms with E-state index in [4.69, 9.17) is 32.7 Å². The predicted octanol–water partition coefficient (Wildman–Crippen LogP) is 3.93.